The SMILES string of the molecule is CC(C)(CNC(=O)c1cncc(F)c1)C(=O)O. The van der Waals surface area contributed by atoms with Crippen molar-refractivity contribution in [2.45, 2.75) is 13.8 Å². The molecule has 1 aromatic rings. The number of nitrogens with one attached hydrogen (secondary N) is 1. The number of pyridine rings is 1. The molecule has 0 fully saturated rings. The highest BCUT2D eigenvalue weighted by atomic mass is 19.1. The molecule has 0 radical (unpaired) electrons. The third-order valence-electron chi connectivity index (χ3n) is 2.24. The van der Waals surface area contributed by atoms with Crippen molar-refractivity contribution in [3.8, 4) is 0 Å². The molecule has 1 amide bonds. The number of rotatable bonds is 4. The predicted octanol–water partition coefficient (Wildman–Crippen LogP) is 1.06. The number of carbonyl (C=O) groups is 2. The van der Waals surface area contributed by atoms with Gasteiger partial charge in [-0.3, -0.25) is 14.6 Å². The fourth-order valence-corrected chi connectivity index (χ4v) is 1.01. The van der Waals surface area contributed by atoms with Crippen molar-refractivity contribution >= 4 is 11.9 Å². The van der Waals surface area contributed by atoms with Crippen LogP contribution in [0.1, 0.15) is 24.2 Å². The highest BCUT2D eigenvalue weighted by molar-refractivity contribution is 5.94. The number of carboxylic acid groups (broad SMARTS) is 1. The van der Waals surface area contributed by atoms with E-state index in [-0.39, 0.29) is 12.1 Å². The summed E-state index contributed by atoms with van der Waals surface area (Å²) >= 11 is 0. The van der Waals surface area contributed by atoms with Gasteiger partial charge in [0.05, 0.1) is 17.2 Å². The van der Waals surface area contributed by atoms with Crippen molar-refractivity contribution in [3.63, 3.8) is 0 Å². The van der Waals surface area contributed by atoms with Crippen LogP contribution in [0.4, 0.5) is 4.39 Å². The van der Waals surface area contributed by atoms with E-state index in [9.17, 15) is 14.0 Å². The Balaban J connectivity index is 2.65. The first-order valence-corrected chi connectivity index (χ1v) is 4.95. The Bertz CT molecular complexity index is 446. The maximum absolute atomic E-state index is 12.8. The lowest BCUT2D eigenvalue weighted by Gasteiger charge is -2.19. The van der Waals surface area contributed by atoms with E-state index in [1.54, 1.807) is 0 Å². The molecule has 92 valence electrons. The summed E-state index contributed by atoms with van der Waals surface area (Å²) in [6, 6.07) is 1.04. The molecule has 0 saturated heterocycles. The van der Waals surface area contributed by atoms with Crippen LogP contribution in [0.15, 0.2) is 18.5 Å². The van der Waals surface area contributed by atoms with Gasteiger partial charge in [0.15, 0.2) is 0 Å². The molecule has 5 nitrogen and oxygen atoms in total. The van der Waals surface area contributed by atoms with E-state index in [2.05, 4.69) is 10.3 Å². The number of aliphatic carboxylic acids is 1. The molecule has 0 aliphatic heterocycles. The molecule has 0 spiro atoms. The Morgan fingerprint density at radius 1 is 1.47 bits per heavy atom. The maximum Gasteiger partial charge on any atom is 0.310 e. The first-order chi connectivity index (χ1) is 7.83. The molecule has 2 N–H and O–H groups in total. The number of halogens is 1. The summed E-state index contributed by atoms with van der Waals surface area (Å²) in [7, 11) is 0. The second kappa shape index (κ2) is 4.90. The molecule has 1 heterocycles. The van der Waals surface area contributed by atoms with Gasteiger partial charge in [-0.2, -0.15) is 0 Å². The highest BCUT2D eigenvalue weighted by Gasteiger charge is 2.27. The van der Waals surface area contributed by atoms with Crippen LogP contribution in [0.25, 0.3) is 0 Å². The molecular formula is C11H13FN2O3. The van der Waals surface area contributed by atoms with Gasteiger partial charge in [-0.1, -0.05) is 0 Å². The monoisotopic (exact) mass is 240 g/mol. The third kappa shape index (κ3) is 3.51. The zero-order valence-corrected chi connectivity index (χ0v) is 9.53. The number of carbonyl (C=O) groups excluding carboxylic acids is 1. The van der Waals surface area contributed by atoms with Crippen LogP contribution in [0, 0.1) is 11.2 Å². The largest absolute Gasteiger partial charge is 0.481 e. The van der Waals surface area contributed by atoms with Crippen molar-refractivity contribution < 1.29 is 19.1 Å². The summed E-state index contributed by atoms with van der Waals surface area (Å²) in [6.07, 6.45) is 2.20. The van der Waals surface area contributed by atoms with E-state index in [0.717, 1.165) is 12.3 Å². The Morgan fingerprint density at radius 2 is 2.12 bits per heavy atom. The van der Waals surface area contributed by atoms with Crippen LogP contribution in [0.2, 0.25) is 0 Å². The van der Waals surface area contributed by atoms with Crippen molar-refractivity contribution in [2.75, 3.05) is 6.54 Å². The minimum absolute atomic E-state index is 0.0440. The van der Waals surface area contributed by atoms with Crippen molar-refractivity contribution in [2.24, 2.45) is 5.41 Å². The average Bonchev–Trinajstić information content (AvgIpc) is 2.25. The number of hydrogen-bond donors (Lipinski definition) is 2. The second-order valence-corrected chi connectivity index (χ2v) is 4.26. The lowest BCUT2D eigenvalue weighted by atomic mass is 9.94. The molecule has 1 rings (SSSR count). The van der Waals surface area contributed by atoms with Gasteiger partial charge >= 0.3 is 5.97 Å². The molecular weight excluding hydrogens is 227 g/mol. The van der Waals surface area contributed by atoms with Gasteiger partial charge in [0.25, 0.3) is 5.91 Å². The molecule has 0 aromatic carbocycles. The summed E-state index contributed by atoms with van der Waals surface area (Å²) in [6.45, 7) is 2.93. The van der Waals surface area contributed by atoms with Gasteiger partial charge in [-0.25, -0.2) is 4.39 Å². The number of hydrogen-bond acceptors (Lipinski definition) is 3. The zero-order valence-electron chi connectivity index (χ0n) is 9.53. The summed E-state index contributed by atoms with van der Waals surface area (Å²) < 4.78 is 12.8. The fraction of sp³-hybridized carbons (Fsp3) is 0.364. The highest BCUT2D eigenvalue weighted by Crippen LogP contribution is 2.13. The Morgan fingerprint density at radius 3 is 2.65 bits per heavy atom. The third-order valence-corrected chi connectivity index (χ3v) is 2.24. The van der Waals surface area contributed by atoms with Crippen LogP contribution >= 0.6 is 0 Å². The Kier molecular flexibility index (Phi) is 3.77. The summed E-state index contributed by atoms with van der Waals surface area (Å²) in [5, 5.41) is 11.3. The fourth-order valence-electron chi connectivity index (χ4n) is 1.01. The van der Waals surface area contributed by atoms with Crippen molar-refractivity contribution in [1.29, 1.82) is 0 Å². The van der Waals surface area contributed by atoms with Gasteiger partial charge in [0, 0.05) is 12.7 Å². The number of amides is 1. The van der Waals surface area contributed by atoms with Gasteiger partial charge in [-0.15, -0.1) is 0 Å². The summed E-state index contributed by atoms with van der Waals surface area (Å²) in [5.74, 6) is -2.18. The normalized spacial score (nSPS) is 11.0. The molecule has 0 aliphatic rings. The number of nitrogens with zero attached hydrogens (tertiary/aromatic N) is 1. The maximum atomic E-state index is 12.8. The summed E-state index contributed by atoms with van der Waals surface area (Å²) in [4.78, 5) is 25.9. The molecule has 0 aliphatic carbocycles. The van der Waals surface area contributed by atoms with Crippen LogP contribution in [0.3, 0.4) is 0 Å². The van der Waals surface area contributed by atoms with E-state index in [1.165, 1.54) is 20.0 Å². The molecule has 1 aromatic heterocycles. The van der Waals surface area contributed by atoms with E-state index in [1.807, 2.05) is 0 Å². The van der Waals surface area contributed by atoms with Gasteiger partial charge in [0.1, 0.15) is 5.82 Å². The molecule has 6 heteroatoms. The predicted molar refractivity (Wildman–Crippen MR) is 57.9 cm³/mol. The molecule has 0 bridgehead atoms. The molecule has 0 unspecified atom stereocenters. The lowest BCUT2D eigenvalue weighted by Crippen LogP contribution is -2.38. The average molecular weight is 240 g/mol. The standard InChI is InChI=1S/C11H13FN2O3/c1-11(2,10(16)17)6-14-9(15)7-3-8(12)5-13-4-7/h3-5H,6H2,1-2H3,(H,14,15)(H,16,17). The molecule has 0 atom stereocenters. The van der Waals surface area contributed by atoms with Crippen LogP contribution in [-0.4, -0.2) is 28.5 Å². The lowest BCUT2D eigenvalue weighted by molar-refractivity contribution is -0.146. The number of carboxylic acids is 1. The summed E-state index contributed by atoms with van der Waals surface area (Å²) in [5.41, 5.74) is -1.01. The van der Waals surface area contributed by atoms with Gasteiger partial charge < -0.3 is 10.4 Å². The van der Waals surface area contributed by atoms with Gasteiger partial charge in [-0.05, 0) is 19.9 Å². The second-order valence-electron chi connectivity index (χ2n) is 4.26. The Labute approximate surface area is 97.7 Å². The zero-order chi connectivity index (χ0) is 13.1. The first kappa shape index (κ1) is 13.1. The molecule has 17 heavy (non-hydrogen) atoms. The van der Waals surface area contributed by atoms with E-state index in [0.29, 0.717) is 0 Å². The number of aromatic nitrogens is 1. The van der Waals surface area contributed by atoms with Crippen LogP contribution in [0.5, 0.6) is 0 Å². The smallest absolute Gasteiger partial charge is 0.310 e. The van der Waals surface area contributed by atoms with E-state index in [4.69, 9.17) is 5.11 Å². The quantitative estimate of drug-likeness (QED) is 0.824. The van der Waals surface area contributed by atoms with Crippen LogP contribution in [-0.2, 0) is 4.79 Å². The Hall–Kier alpha value is -1.98. The minimum Gasteiger partial charge on any atom is -0.481 e. The minimum atomic E-state index is -1.07. The first-order valence-electron chi connectivity index (χ1n) is 4.95. The van der Waals surface area contributed by atoms with Gasteiger partial charge in [0.2, 0.25) is 0 Å². The topological polar surface area (TPSA) is 79.3 Å². The van der Waals surface area contributed by atoms with Crippen molar-refractivity contribution in [3.05, 3.63) is 29.8 Å². The van der Waals surface area contributed by atoms with E-state index >= 15 is 0 Å². The van der Waals surface area contributed by atoms with Crippen LogP contribution < -0.4 is 5.32 Å². The molecule has 0 saturated carbocycles. The van der Waals surface area contributed by atoms with Crippen molar-refractivity contribution in [1.82, 2.24) is 10.3 Å². The van der Waals surface area contributed by atoms with E-state index < -0.39 is 23.1 Å².